The van der Waals surface area contributed by atoms with Crippen LogP contribution in [0.3, 0.4) is 0 Å². The van der Waals surface area contributed by atoms with E-state index in [1.54, 1.807) is 0 Å². The number of hydrogen-bond donors (Lipinski definition) is 0. The zero-order chi connectivity index (χ0) is 13.1. The van der Waals surface area contributed by atoms with Crippen LogP contribution in [0.4, 0.5) is 0 Å². The summed E-state index contributed by atoms with van der Waals surface area (Å²) >= 11 is 0. The summed E-state index contributed by atoms with van der Waals surface area (Å²) in [7, 11) is 0. The zero-order valence-electron chi connectivity index (χ0n) is 11.3. The Labute approximate surface area is 111 Å². The van der Waals surface area contributed by atoms with Gasteiger partial charge in [-0.1, -0.05) is 38.3 Å². The minimum absolute atomic E-state index is 0.635. The van der Waals surface area contributed by atoms with Crippen LogP contribution in [0.5, 0.6) is 5.75 Å². The third-order valence-electron chi connectivity index (χ3n) is 2.94. The molecule has 1 rings (SSSR count). The quantitative estimate of drug-likeness (QED) is 0.600. The molecule has 0 amide bonds. The van der Waals surface area contributed by atoms with E-state index in [0.717, 1.165) is 31.6 Å². The first-order chi connectivity index (χ1) is 8.86. The van der Waals surface area contributed by atoms with Crippen molar-refractivity contribution in [2.24, 2.45) is 0 Å². The molecule has 0 aromatic heterocycles. The second-order valence-electron chi connectivity index (χ2n) is 4.56. The molecule has 0 saturated carbocycles. The van der Waals surface area contributed by atoms with Crippen molar-refractivity contribution >= 4 is 0 Å². The average Bonchev–Trinajstić information content (AvgIpc) is 2.40. The van der Waals surface area contributed by atoms with Crippen molar-refractivity contribution in [3.05, 3.63) is 29.8 Å². The fraction of sp³-hybridized carbons (Fsp3) is 0.562. The topological polar surface area (TPSA) is 33.0 Å². The molecule has 0 aliphatic carbocycles. The average molecular weight is 245 g/mol. The Balaban J connectivity index is 2.21. The van der Waals surface area contributed by atoms with Gasteiger partial charge in [-0.2, -0.15) is 5.26 Å². The Morgan fingerprint density at radius 3 is 2.50 bits per heavy atom. The molecule has 0 fully saturated rings. The van der Waals surface area contributed by atoms with Crippen LogP contribution in [-0.2, 0) is 6.42 Å². The lowest BCUT2D eigenvalue weighted by molar-refractivity contribution is 0.305. The number of aryl methyl sites for hydroxylation is 1. The van der Waals surface area contributed by atoms with E-state index in [1.165, 1.54) is 24.8 Å². The van der Waals surface area contributed by atoms with Crippen LogP contribution < -0.4 is 4.74 Å². The molecule has 0 unspecified atom stereocenters. The van der Waals surface area contributed by atoms with Crippen LogP contribution >= 0.6 is 0 Å². The number of ether oxygens (including phenoxy) is 1. The number of hydrogen-bond acceptors (Lipinski definition) is 2. The molecule has 0 saturated heterocycles. The maximum atomic E-state index is 8.48. The third-order valence-corrected chi connectivity index (χ3v) is 2.94. The predicted molar refractivity (Wildman–Crippen MR) is 74.6 cm³/mol. The van der Waals surface area contributed by atoms with Crippen molar-refractivity contribution in [1.82, 2.24) is 0 Å². The lowest BCUT2D eigenvalue weighted by atomic mass is 10.1. The molecule has 0 heterocycles. The lowest BCUT2D eigenvalue weighted by Gasteiger charge is -2.06. The summed E-state index contributed by atoms with van der Waals surface area (Å²) in [5, 5.41) is 8.48. The van der Waals surface area contributed by atoms with Gasteiger partial charge in [0.25, 0.3) is 0 Å². The maximum Gasteiger partial charge on any atom is 0.119 e. The van der Waals surface area contributed by atoms with E-state index in [2.05, 4.69) is 25.1 Å². The zero-order valence-corrected chi connectivity index (χ0v) is 11.3. The molecule has 0 atom stereocenters. The van der Waals surface area contributed by atoms with E-state index in [-0.39, 0.29) is 0 Å². The van der Waals surface area contributed by atoms with Crippen LogP contribution in [0.25, 0.3) is 0 Å². The van der Waals surface area contributed by atoms with E-state index in [1.807, 2.05) is 12.1 Å². The van der Waals surface area contributed by atoms with Gasteiger partial charge in [0, 0.05) is 6.42 Å². The van der Waals surface area contributed by atoms with E-state index in [4.69, 9.17) is 10.00 Å². The Hall–Kier alpha value is -1.49. The summed E-state index contributed by atoms with van der Waals surface area (Å²) in [6, 6.07) is 10.4. The van der Waals surface area contributed by atoms with Gasteiger partial charge in [-0.25, -0.2) is 0 Å². The standard InChI is InChI=1S/C16H23NO/c1-2-3-4-7-14-18-16-11-9-15(10-12-16)8-5-6-13-17/h9-12H,2-8,14H2,1H3. The van der Waals surface area contributed by atoms with Crippen LogP contribution in [0.15, 0.2) is 24.3 Å². The van der Waals surface area contributed by atoms with Gasteiger partial charge < -0.3 is 4.74 Å². The SMILES string of the molecule is CCCCCCOc1ccc(CCCC#N)cc1. The molecule has 0 spiro atoms. The largest absolute Gasteiger partial charge is 0.494 e. The molecule has 98 valence electrons. The molecule has 1 aromatic carbocycles. The van der Waals surface area contributed by atoms with Crippen molar-refractivity contribution < 1.29 is 4.74 Å². The summed E-state index contributed by atoms with van der Waals surface area (Å²) in [6.07, 6.45) is 7.49. The van der Waals surface area contributed by atoms with Crippen molar-refractivity contribution in [1.29, 1.82) is 5.26 Å². The first-order valence-electron chi connectivity index (χ1n) is 6.95. The second-order valence-corrected chi connectivity index (χ2v) is 4.56. The van der Waals surface area contributed by atoms with Gasteiger partial charge in [0.2, 0.25) is 0 Å². The monoisotopic (exact) mass is 245 g/mol. The molecule has 0 radical (unpaired) electrons. The molecule has 18 heavy (non-hydrogen) atoms. The van der Waals surface area contributed by atoms with Gasteiger partial charge in [-0.3, -0.25) is 0 Å². The van der Waals surface area contributed by atoms with Crippen LogP contribution in [-0.4, -0.2) is 6.61 Å². The van der Waals surface area contributed by atoms with Gasteiger partial charge in [0.1, 0.15) is 5.75 Å². The second kappa shape index (κ2) is 9.53. The predicted octanol–water partition coefficient (Wildman–Crippen LogP) is 4.49. The van der Waals surface area contributed by atoms with Gasteiger partial charge in [-0.15, -0.1) is 0 Å². The smallest absolute Gasteiger partial charge is 0.119 e. The van der Waals surface area contributed by atoms with Crippen molar-refractivity contribution in [2.45, 2.75) is 51.9 Å². The normalized spacial score (nSPS) is 10.0. The molecular weight excluding hydrogens is 222 g/mol. The van der Waals surface area contributed by atoms with Crippen molar-refractivity contribution in [3.8, 4) is 11.8 Å². The number of unbranched alkanes of at least 4 members (excludes halogenated alkanes) is 4. The maximum absolute atomic E-state index is 8.48. The van der Waals surface area contributed by atoms with Crippen molar-refractivity contribution in [3.63, 3.8) is 0 Å². The molecule has 0 aliphatic heterocycles. The number of nitrogens with zero attached hydrogens (tertiary/aromatic N) is 1. The van der Waals surface area contributed by atoms with E-state index in [9.17, 15) is 0 Å². The highest BCUT2D eigenvalue weighted by Gasteiger charge is 1.96. The molecule has 2 heteroatoms. The number of benzene rings is 1. The molecule has 0 aliphatic rings. The fourth-order valence-corrected chi connectivity index (χ4v) is 1.84. The van der Waals surface area contributed by atoms with Gasteiger partial charge >= 0.3 is 0 Å². The Morgan fingerprint density at radius 2 is 1.83 bits per heavy atom. The van der Waals surface area contributed by atoms with Gasteiger partial charge in [-0.05, 0) is 37.0 Å². The highest BCUT2D eigenvalue weighted by atomic mass is 16.5. The van der Waals surface area contributed by atoms with Crippen LogP contribution in [0, 0.1) is 11.3 Å². The summed E-state index contributed by atoms with van der Waals surface area (Å²) in [6.45, 7) is 3.03. The molecule has 1 aromatic rings. The fourth-order valence-electron chi connectivity index (χ4n) is 1.84. The Bertz CT molecular complexity index is 350. The first-order valence-corrected chi connectivity index (χ1v) is 6.95. The Kier molecular flexibility index (Phi) is 7.72. The number of nitriles is 1. The third kappa shape index (κ3) is 6.30. The highest BCUT2D eigenvalue weighted by molar-refractivity contribution is 5.27. The van der Waals surface area contributed by atoms with Gasteiger partial charge in [0.05, 0.1) is 12.7 Å². The summed E-state index contributed by atoms with van der Waals surface area (Å²) in [5.74, 6) is 0.954. The van der Waals surface area contributed by atoms with Crippen LogP contribution in [0.1, 0.15) is 51.0 Å². The summed E-state index contributed by atoms with van der Waals surface area (Å²) in [4.78, 5) is 0. The minimum atomic E-state index is 0.635. The van der Waals surface area contributed by atoms with Crippen molar-refractivity contribution in [2.75, 3.05) is 6.61 Å². The summed E-state index contributed by atoms with van der Waals surface area (Å²) in [5.41, 5.74) is 1.28. The first kappa shape index (κ1) is 14.6. The Morgan fingerprint density at radius 1 is 1.06 bits per heavy atom. The van der Waals surface area contributed by atoms with E-state index < -0.39 is 0 Å². The molecule has 0 bridgehead atoms. The van der Waals surface area contributed by atoms with E-state index >= 15 is 0 Å². The van der Waals surface area contributed by atoms with E-state index in [0.29, 0.717) is 6.42 Å². The lowest BCUT2D eigenvalue weighted by Crippen LogP contribution is -1.97. The molecular formula is C16H23NO. The minimum Gasteiger partial charge on any atom is -0.494 e. The van der Waals surface area contributed by atoms with Crippen LogP contribution in [0.2, 0.25) is 0 Å². The number of rotatable bonds is 9. The van der Waals surface area contributed by atoms with Gasteiger partial charge in [0.15, 0.2) is 0 Å². The highest BCUT2D eigenvalue weighted by Crippen LogP contribution is 2.14. The molecule has 2 nitrogen and oxygen atoms in total. The summed E-state index contributed by atoms with van der Waals surface area (Å²) < 4.78 is 5.68. The molecule has 0 N–H and O–H groups in total.